The third-order valence-electron chi connectivity index (χ3n) is 7.83. The number of likely N-dealkylation sites (N-methyl/N-ethyl adjacent to an activating group) is 1. The SMILES string of the molecule is CC(=O)Oc1cccc([C@@]23CCCCC2(OC(C)=O)CN(C)[C@H](NC(=O)C(=Cc2ccccc2)C(F)(F)F)C3)c1. The van der Waals surface area contributed by atoms with E-state index in [2.05, 4.69) is 5.32 Å². The third kappa shape index (κ3) is 6.06. The molecular formula is C30H33F3N2O5. The fraction of sp³-hybridized carbons (Fsp3) is 0.433. The van der Waals surface area contributed by atoms with Crippen molar-refractivity contribution in [2.75, 3.05) is 13.6 Å². The molecule has 1 aliphatic heterocycles. The summed E-state index contributed by atoms with van der Waals surface area (Å²) >= 11 is 0. The summed E-state index contributed by atoms with van der Waals surface area (Å²) in [6.07, 6.45) is -1.98. The average molecular weight is 559 g/mol. The van der Waals surface area contributed by atoms with Gasteiger partial charge in [0.1, 0.15) is 16.9 Å². The molecule has 1 saturated heterocycles. The normalized spacial score (nSPS) is 25.4. The number of nitrogens with one attached hydrogen (secondary N) is 1. The van der Waals surface area contributed by atoms with Crippen LogP contribution in [0.5, 0.6) is 5.75 Å². The predicted octanol–water partition coefficient (Wildman–Crippen LogP) is 5.15. The highest BCUT2D eigenvalue weighted by Gasteiger charge is 2.61. The van der Waals surface area contributed by atoms with Crippen LogP contribution in [0.3, 0.4) is 0 Å². The second kappa shape index (κ2) is 11.4. The summed E-state index contributed by atoms with van der Waals surface area (Å²) in [5.41, 5.74) is -2.16. The number of alkyl halides is 3. The van der Waals surface area contributed by atoms with E-state index in [4.69, 9.17) is 9.47 Å². The number of carbonyl (C=O) groups excluding carboxylic acids is 3. The van der Waals surface area contributed by atoms with Crippen molar-refractivity contribution < 1.29 is 37.0 Å². The molecular weight excluding hydrogens is 525 g/mol. The maximum Gasteiger partial charge on any atom is 0.421 e. The Labute approximate surface area is 231 Å². The Balaban J connectivity index is 1.74. The Morgan fingerprint density at radius 2 is 1.70 bits per heavy atom. The minimum absolute atomic E-state index is 0.183. The fourth-order valence-corrected chi connectivity index (χ4v) is 6.21. The molecule has 2 aromatic rings. The molecule has 1 heterocycles. The quantitative estimate of drug-likeness (QED) is 0.300. The summed E-state index contributed by atoms with van der Waals surface area (Å²) < 4.78 is 53.5. The van der Waals surface area contributed by atoms with Crippen LogP contribution in [-0.2, 0) is 24.5 Å². The highest BCUT2D eigenvalue weighted by atomic mass is 19.4. The van der Waals surface area contributed by atoms with Crippen molar-refractivity contribution in [3.63, 3.8) is 0 Å². The van der Waals surface area contributed by atoms with Crippen LogP contribution in [0.2, 0.25) is 0 Å². The molecule has 1 amide bonds. The van der Waals surface area contributed by atoms with E-state index in [0.29, 0.717) is 18.6 Å². The molecule has 40 heavy (non-hydrogen) atoms. The smallest absolute Gasteiger partial charge is 0.421 e. The number of ether oxygens (including phenoxy) is 2. The van der Waals surface area contributed by atoms with E-state index in [0.717, 1.165) is 24.5 Å². The van der Waals surface area contributed by atoms with Crippen LogP contribution < -0.4 is 10.1 Å². The Bertz CT molecular complexity index is 1300. The van der Waals surface area contributed by atoms with E-state index in [9.17, 15) is 27.6 Å². The van der Waals surface area contributed by atoms with Crippen LogP contribution in [0, 0.1) is 0 Å². The molecule has 4 rings (SSSR count). The topological polar surface area (TPSA) is 84.9 Å². The molecule has 0 radical (unpaired) electrons. The van der Waals surface area contributed by atoms with E-state index in [1.54, 1.807) is 48.3 Å². The molecule has 1 saturated carbocycles. The number of benzene rings is 2. The first-order valence-electron chi connectivity index (χ1n) is 13.2. The van der Waals surface area contributed by atoms with Crippen LogP contribution in [0.4, 0.5) is 13.2 Å². The van der Waals surface area contributed by atoms with Gasteiger partial charge in [-0.2, -0.15) is 13.2 Å². The van der Waals surface area contributed by atoms with Gasteiger partial charge in [0.05, 0.1) is 6.17 Å². The van der Waals surface area contributed by atoms with Crippen LogP contribution >= 0.6 is 0 Å². The lowest BCUT2D eigenvalue weighted by atomic mass is 9.55. The van der Waals surface area contributed by atoms with Crippen molar-refractivity contribution in [1.29, 1.82) is 0 Å². The van der Waals surface area contributed by atoms with Crippen LogP contribution in [0.25, 0.3) is 6.08 Å². The molecule has 3 atom stereocenters. The van der Waals surface area contributed by atoms with Gasteiger partial charge in [0.15, 0.2) is 0 Å². The molecule has 10 heteroatoms. The number of rotatable bonds is 6. The number of esters is 2. The van der Waals surface area contributed by atoms with E-state index in [1.165, 1.54) is 26.0 Å². The zero-order valence-electron chi connectivity index (χ0n) is 22.7. The molecule has 0 spiro atoms. The number of hydrogen-bond acceptors (Lipinski definition) is 6. The van der Waals surface area contributed by atoms with Crippen molar-refractivity contribution in [3.8, 4) is 5.75 Å². The van der Waals surface area contributed by atoms with Gasteiger partial charge < -0.3 is 14.8 Å². The number of nitrogens with zero attached hydrogens (tertiary/aromatic N) is 1. The molecule has 0 aromatic heterocycles. The molecule has 2 aromatic carbocycles. The maximum atomic E-state index is 14.0. The molecule has 1 unspecified atom stereocenters. The number of hydrogen-bond donors (Lipinski definition) is 1. The second-order valence-electron chi connectivity index (χ2n) is 10.6. The minimum Gasteiger partial charge on any atom is -0.457 e. The predicted molar refractivity (Wildman–Crippen MR) is 142 cm³/mol. The van der Waals surface area contributed by atoms with Gasteiger partial charge in [-0.25, -0.2) is 0 Å². The lowest BCUT2D eigenvalue weighted by Crippen LogP contribution is -2.70. The first-order chi connectivity index (χ1) is 18.8. The third-order valence-corrected chi connectivity index (χ3v) is 7.83. The van der Waals surface area contributed by atoms with Gasteiger partial charge in [0.25, 0.3) is 5.91 Å². The highest BCUT2D eigenvalue weighted by molar-refractivity contribution is 5.99. The number of amides is 1. The van der Waals surface area contributed by atoms with Gasteiger partial charge >= 0.3 is 18.1 Å². The highest BCUT2D eigenvalue weighted by Crippen LogP contribution is 2.55. The summed E-state index contributed by atoms with van der Waals surface area (Å²) in [6, 6.07) is 14.8. The van der Waals surface area contributed by atoms with Crippen molar-refractivity contribution >= 4 is 23.9 Å². The van der Waals surface area contributed by atoms with Gasteiger partial charge in [-0.1, -0.05) is 48.9 Å². The van der Waals surface area contributed by atoms with Crippen molar-refractivity contribution in [3.05, 3.63) is 71.3 Å². The van der Waals surface area contributed by atoms with E-state index in [1.807, 2.05) is 6.07 Å². The van der Waals surface area contributed by atoms with E-state index < -0.39 is 46.8 Å². The fourth-order valence-electron chi connectivity index (χ4n) is 6.21. The van der Waals surface area contributed by atoms with Crippen molar-refractivity contribution in [2.24, 2.45) is 0 Å². The minimum atomic E-state index is -4.88. The maximum absolute atomic E-state index is 14.0. The number of halogens is 3. The largest absolute Gasteiger partial charge is 0.457 e. The van der Waals surface area contributed by atoms with Gasteiger partial charge in [-0.05, 0) is 62.1 Å². The Hall–Kier alpha value is -3.66. The zero-order valence-corrected chi connectivity index (χ0v) is 22.7. The Morgan fingerprint density at radius 1 is 1.00 bits per heavy atom. The lowest BCUT2D eigenvalue weighted by molar-refractivity contribution is -0.190. The molecule has 214 valence electrons. The van der Waals surface area contributed by atoms with Gasteiger partial charge in [-0.15, -0.1) is 0 Å². The first-order valence-corrected chi connectivity index (χ1v) is 13.2. The van der Waals surface area contributed by atoms with E-state index in [-0.39, 0.29) is 18.5 Å². The summed E-state index contributed by atoms with van der Waals surface area (Å²) in [5, 5.41) is 2.61. The second-order valence-corrected chi connectivity index (χ2v) is 10.6. The number of likely N-dealkylation sites (tertiary alicyclic amines) is 1. The van der Waals surface area contributed by atoms with Crippen molar-refractivity contribution in [2.45, 2.75) is 69.3 Å². The summed E-state index contributed by atoms with van der Waals surface area (Å²) in [5.74, 6) is -1.90. The van der Waals surface area contributed by atoms with Gasteiger partial charge in [0.2, 0.25) is 0 Å². The zero-order chi connectivity index (χ0) is 29.1. The van der Waals surface area contributed by atoms with Crippen LogP contribution in [0.15, 0.2) is 60.2 Å². The molecule has 2 aliphatic rings. The molecule has 7 nitrogen and oxygen atoms in total. The summed E-state index contributed by atoms with van der Waals surface area (Å²) in [4.78, 5) is 38.9. The van der Waals surface area contributed by atoms with Gasteiger partial charge in [-0.3, -0.25) is 19.3 Å². The molecule has 1 aliphatic carbocycles. The monoisotopic (exact) mass is 558 g/mol. The number of piperidine rings is 1. The lowest BCUT2D eigenvalue weighted by Gasteiger charge is -2.59. The van der Waals surface area contributed by atoms with E-state index >= 15 is 0 Å². The van der Waals surface area contributed by atoms with Crippen LogP contribution in [0.1, 0.15) is 57.1 Å². The number of fused-ring (bicyclic) bond motifs is 1. The average Bonchev–Trinajstić information content (AvgIpc) is 2.87. The standard InChI is InChI=1S/C30H33F3N2O5/c1-20(36)39-24-13-9-12-23(17-24)28-14-7-8-15-29(28,40-21(2)37)19-35(3)26(18-28)34-27(38)25(30(31,32)33)16-22-10-5-4-6-11-22/h4-6,9-13,16-17,26H,7-8,14-15,18-19H2,1-3H3,(H,34,38)/t26-,28-,29?/m0/s1. The van der Waals surface area contributed by atoms with Crippen molar-refractivity contribution in [1.82, 2.24) is 10.2 Å². The Morgan fingerprint density at radius 3 is 2.35 bits per heavy atom. The Kier molecular flexibility index (Phi) is 8.39. The van der Waals surface area contributed by atoms with Gasteiger partial charge in [0, 0.05) is 25.8 Å². The molecule has 0 bridgehead atoms. The summed E-state index contributed by atoms with van der Waals surface area (Å²) in [6.45, 7) is 2.82. The first kappa shape index (κ1) is 29.3. The number of carbonyl (C=O) groups is 3. The van der Waals surface area contributed by atoms with Crippen LogP contribution in [-0.4, -0.2) is 54.3 Å². The molecule has 1 N–H and O–H groups in total. The summed E-state index contributed by atoms with van der Waals surface area (Å²) in [7, 11) is 1.69. The molecule has 2 fully saturated rings.